The highest BCUT2D eigenvalue weighted by Gasteiger charge is 2.26. The van der Waals surface area contributed by atoms with Crippen LogP contribution in [0.2, 0.25) is 0 Å². The third kappa shape index (κ3) is 10.2. The van der Waals surface area contributed by atoms with E-state index >= 15 is 0 Å². The zero-order valence-electron chi connectivity index (χ0n) is 63.3. The first-order chi connectivity index (χ1) is 59.7. The van der Waals surface area contributed by atoms with Crippen molar-refractivity contribution in [1.82, 2.24) is 84.0 Å². The van der Waals surface area contributed by atoms with Crippen molar-refractivity contribution in [3.63, 3.8) is 0 Å². The van der Waals surface area contributed by atoms with Crippen LogP contribution in [0.15, 0.2) is 315 Å². The summed E-state index contributed by atoms with van der Waals surface area (Å²) in [6.07, 6.45) is 0. The molecule has 11 aromatic heterocycles. The van der Waals surface area contributed by atoms with Crippen molar-refractivity contribution in [3.05, 3.63) is 349 Å². The van der Waals surface area contributed by atoms with Crippen molar-refractivity contribution in [2.45, 2.75) is 0 Å². The zero-order valence-corrected chi connectivity index (χ0v) is 63.3. The average Bonchev–Trinajstić information content (AvgIpc) is 1.56. The van der Waals surface area contributed by atoms with Gasteiger partial charge in [0, 0.05) is 0 Å². The zero-order chi connectivity index (χ0) is 80.8. The Bertz CT molecular complexity index is 9250. The van der Waals surface area contributed by atoms with Gasteiger partial charge in [-0.3, -0.25) is 35.4 Å². The molecular weight excluding hydrogens is 1500 g/mol. The van der Waals surface area contributed by atoms with E-state index in [1.54, 1.807) is 30.3 Å². The van der Waals surface area contributed by atoms with Crippen LogP contribution in [-0.4, -0.2) is 84.0 Å². The van der Waals surface area contributed by atoms with Gasteiger partial charge in [-0.1, -0.05) is 109 Å². The van der Waals surface area contributed by atoms with Crippen LogP contribution in [0, 0.1) is 68.0 Å². The molecule has 560 valence electrons. The monoisotopic (exact) mass is 1550 g/mol. The van der Waals surface area contributed by atoms with Crippen LogP contribution < -0.4 is 0 Å². The fourth-order valence-corrected chi connectivity index (χ4v) is 17.2. The largest absolute Gasteiger partial charge is 0.278 e. The van der Waals surface area contributed by atoms with Crippen molar-refractivity contribution < 1.29 is 0 Å². The second-order valence-corrected chi connectivity index (χ2v) is 29.1. The first kappa shape index (κ1) is 68.1. The number of rotatable bonds is 4. The van der Waals surface area contributed by atoms with E-state index in [9.17, 15) is 31.6 Å². The predicted octanol–water partition coefficient (Wildman–Crippen LogP) is 19.4. The van der Waals surface area contributed by atoms with Crippen LogP contribution in [0.1, 0.15) is 33.4 Å². The second kappa shape index (κ2) is 26.6. The van der Waals surface area contributed by atoms with Crippen molar-refractivity contribution in [1.29, 1.82) is 31.6 Å². The third-order valence-corrected chi connectivity index (χ3v) is 22.4. The minimum Gasteiger partial charge on any atom is -0.278 e. The summed E-state index contributed by atoms with van der Waals surface area (Å²) in [6, 6.07) is 116. The van der Waals surface area contributed by atoms with Crippen LogP contribution >= 0.6 is 0 Å². The fourth-order valence-electron chi connectivity index (χ4n) is 17.2. The lowest BCUT2D eigenvalue weighted by Crippen LogP contribution is -2.04. The molecule has 0 aliphatic heterocycles. The highest BCUT2D eigenvalue weighted by molar-refractivity contribution is 5.99. The van der Waals surface area contributed by atoms with Gasteiger partial charge >= 0.3 is 0 Å². The molecule has 11 heterocycles. The summed E-state index contributed by atoms with van der Waals surface area (Å²) >= 11 is 0. The van der Waals surface area contributed by atoms with Crippen molar-refractivity contribution >= 4 is 162 Å². The molecule has 0 aliphatic carbocycles. The summed E-state index contributed by atoms with van der Waals surface area (Å²) in [6.45, 7) is 0. The Labute approximate surface area is 681 Å². The molecule has 0 saturated heterocycles. The van der Waals surface area contributed by atoms with Crippen LogP contribution in [0.5, 0.6) is 0 Å². The van der Waals surface area contributed by atoms with Gasteiger partial charge in [0.1, 0.15) is 12.1 Å². The van der Waals surface area contributed by atoms with Gasteiger partial charge < -0.3 is 0 Å². The summed E-state index contributed by atoms with van der Waals surface area (Å²) in [4.78, 5) is 35.7. The maximum atomic E-state index is 9.98. The molecule has 0 spiro atoms. The Hall–Kier alpha value is -18.5. The van der Waals surface area contributed by atoms with E-state index in [1.807, 2.05) is 224 Å². The molecule has 0 fully saturated rings. The number of imidazole rings is 8. The van der Waals surface area contributed by atoms with Gasteiger partial charge in [0.2, 0.25) is 40.4 Å². The van der Waals surface area contributed by atoms with Gasteiger partial charge in [0.15, 0.2) is 0 Å². The first-order valence-corrected chi connectivity index (χ1v) is 38.6. The van der Waals surface area contributed by atoms with Gasteiger partial charge in [-0.25, -0.2) is 48.6 Å². The minimum atomic E-state index is 0.263. The van der Waals surface area contributed by atoms with Crippen molar-refractivity contribution in [3.8, 4) is 59.2 Å². The first-order valence-electron chi connectivity index (χ1n) is 38.6. The van der Waals surface area contributed by atoms with Gasteiger partial charge in [-0.2, -0.15) is 31.6 Å². The Kier molecular flexibility index (Phi) is 15.0. The Balaban J connectivity index is 0.000000108. The predicted molar refractivity (Wildman–Crippen MR) is 465 cm³/mol. The molecular formula is C97H52N24. The average molecular weight is 1550 g/mol. The number of hydrogen-bond donors (Lipinski definition) is 0. The number of nitrogens with zero attached hydrogens (tertiary/aromatic N) is 24. The van der Waals surface area contributed by atoms with Gasteiger partial charge in [-0.15, -0.1) is 0 Å². The SMILES string of the molecule is N#Cc1ccc2c(c1)n1c3ccccc3nc1n(-c1ccc(C#N)c(C#N)c1)c1nc3ccccc3n21.N#Cc1ccc2c(c1)n1c3ccccc3nc1n(-c1cccc(-n3c4ccccc4n4c5ccccc5nc34)c1)c1nc3ccccc3n21.N#Cc1cccc(-n2c3nc4ccccc4n3c3ccc(C#N)cc3n3c4ccccc4nc23)c1. The third-order valence-electron chi connectivity index (χ3n) is 22.4. The molecule has 0 N–H and O–H groups in total. The summed E-state index contributed by atoms with van der Waals surface area (Å²) < 4.78 is 23.0. The van der Waals surface area contributed by atoms with Crippen molar-refractivity contribution in [2.75, 3.05) is 0 Å². The lowest BCUT2D eigenvalue weighted by molar-refractivity contribution is 1.02. The van der Waals surface area contributed by atoms with Crippen molar-refractivity contribution in [2.24, 2.45) is 0 Å². The van der Waals surface area contributed by atoms with Gasteiger partial charge in [0.05, 0.1) is 202 Å². The Morgan fingerprint density at radius 3 is 0.736 bits per heavy atom. The van der Waals surface area contributed by atoms with Gasteiger partial charge in [0.25, 0.3) is 0 Å². The molecule has 14 aromatic carbocycles. The van der Waals surface area contributed by atoms with Crippen LogP contribution in [0.25, 0.3) is 185 Å². The highest BCUT2D eigenvalue weighted by atomic mass is 15.3. The van der Waals surface area contributed by atoms with Gasteiger partial charge in [-0.05, 0) is 206 Å². The molecule has 24 nitrogen and oxygen atoms in total. The minimum absolute atomic E-state index is 0.263. The maximum Gasteiger partial charge on any atom is 0.223 e. The molecule has 0 amide bonds. The molecule has 0 bridgehead atoms. The summed E-state index contributed by atoms with van der Waals surface area (Å²) in [5, 5.41) is 58.3. The standard InChI is InChI=1S/C40H23N9.C29H14N8.C28H15N7/c41-24-25-20-21-36-37(22-25)49-33-17-6-3-14-30(33)44-40(49)46(39-43-29-13-2-5-16-32(29)48(36)39)27-11-9-10-26(23-27)45-34-18-7-8-19-35(34)47-31-15-4-1-12-28(31)42-38(45)47;30-15-18-9-12-26-27(13-18)37-25-8-4-2-6-23(25)34-29(37)35(21-11-10-19(16-31)20(14-21)17-32)28-33-22-5-1-3-7-24(22)36(26)28;29-16-18-6-5-7-20(14-18)33-27-31-21-8-1-3-10-23(21)34(27)25-13-12-19(17-30)15-26(25)35-24-11-4-2-9-22(24)32-28(33)35/h1-23H;1-14H;1-15H. The summed E-state index contributed by atoms with van der Waals surface area (Å²) in [5.41, 5.74) is 25.7. The molecule has 24 heteroatoms. The number of nitriles is 6. The number of aromatic nitrogens is 18. The van der Waals surface area contributed by atoms with Crippen LogP contribution in [-0.2, 0) is 0 Å². The Morgan fingerprint density at radius 2 is 0.413 bits per heavy atom. The number of para-hydroxylation sites is 16. The number of benzene rings is 14. The van der Waals surface area contributed by atoms with E-state index in [4.69, 9.17) is 34.9 Å². The second-order valence-electron chi connectivity index (χ2n) is 29.1. The molecule has 25 rings (SSSR count). The smallest absolute Gasteiger partial charge is 0.223 e. The molecule has 0 radical (unpaired) electrons. The van der Waals surface area contributed by atoms with E-state index in [1.165, 1.54) is 0 Å². The molecule has 25 aromatic rings. The van der Waals surface area contributed by atoms with E-state index in [0.29, 0.717) is 68.2 Å². The molecule has 0 saturated carbocycles. The maximum absolute atomic E-state index is 9.98. The summed E-state index contributed by atoms with van der Waals surface area (Å²) in [5.74, 6) is 4.64. The summed E-state index contributed by atoms with van der Waals surface area (Å²) in [7, 11) is 0. The van der Waals surface area contributed by atoms with Crippen LogP contribution in [0.3, 0.4) is 0 Å². The molecule has 0 aliphatic rings. The van der Waals surface area contributed by atoms with E-state index in [-0.39, 0.29) is 5.56 Å². The van der Waals surface area contributed by atoms with Crippen LogP contribution in [0.4, 0.5) is 0 Å². The van der Waals surface area contributed by atoms with E-state index < -0.39 is 0 Å². The number of hydrogen-bond acceptors (Lipinski definition) is 13. The molecule has 0 unspecified atom stereocenters. The molecule has 121 heavy (non-hydrogen) atoms. The lowest BCUT2D eigenvalue weighted by atomic mass is 10.1. The highest BCUT2D eigenvalue weighted by Crippen LogP contribution is 2.37. The lowest BCUT2D eigenvalue weighted by Gasteiger charge is -2.11. The Morgan fingerprint density at radius 1 is 0.165 bits per heavy atom. The van der Waals surface area contributed by atoms with E-state index in [2.05, 4.69) is 146 Å². The van der Waals surface area contributed by atoms with E-state index in [0.717, 1.165) is 144 Å². The molecule has 0 atom stereocenters. The normalized spacial score (nSPS) is 11.6. The fraction of sp³-hybridized carbons (Fsp3) is 0. The topological polar surface area (TPSA) is 284 Å². The quantitative estimate of drug-likeness (QED) is 0.159. The number of fused-ring (bicyclic) bond motifs is 32.